The van der Waals surface area contributed by atoms with Crippen LogP contribution in [0.1, 0.15) is 130 Å². The van der Waals surface area contributed by atoms with E-state index in [1.165, 1.54) is 16.7 Å². The highest BCUT2D eigenvalue weighted by Gasteiger charge is 2.24. The molecule has 0 radical (unpaired) electrons. The molecule has 2 N–H and O–H groups in total. The molecule has 0 spiro atoms. The number of Topliss-reactive ketones (excluding diaryl/α,β-unsaturated/α-hetero) is 2. The molecular formula is C39H50O6. The van der Waals surface area contributed by atoms with E-state index in [1.54, 1.807) is 31.2 Å². The van der Waals surface area contributed by atoms with Crippen molar-refractivity contribution in [2.45, 2.75) is 112 Å². The highest BCUT2D eigenvalue weighted by molar-refractivity contribution is 6.17. The Morgan fingerprint density at radius 1 is 0.644 bits per heavy atom. The summed E-state index contributed by atoms with van der Waals surface area (Å²) < 4.78 is 0. The van der Waals surface area contributed by atoms with Gasteiger partial charge in [-0.15, -0.1) is 6.58 Å². The van der Waals surface area contributed by atoms with Crippen LogP contribution in [0.3, 0.4) is 0 Å². The molecule has 0 heterocycles. The maximum atomic E-state index is 13.5. The lowest BCUT2D eigenvalue weighted by Crippen LogP contribution is -2.14. The first-order chi connectivity index (χ1) is 21.3. The number of carbonyl (C=O) groups excluding carboxylic acids is 2. The van der Waals surface area contributed by atoms with Crippen LogP contribution in [0.25, 0.3) is 10.8 Å². The molecule has 2 aromatic carbocycles. The van der Waals surface area contributed by atoms with Gasteiger partial charge < -0.3 is 10.2 Å². The van der Waals surface area contributed by atoms with Crippen LogP contribution in [0.5, 0.6) is 0 Å². The standard InChI is InChI=1S/C39H50O6/c1-26(2)12-9-13-27(3)14-10-15-28(4)16-11-17-29(5)20-21-31-30(6)38(34(40)22-24-36(42)43)32-18-7-8-19-33(32)39(31)35(41)23-25-37(44)45/h7-8,14,16,18-20H,1,9-13,15,17,21-25H2,2-6H3,(H,42,43)(H,44,45)/b27-14+,28-16+,29-20+. The summed E-state index contributed by atoms with van der Waals surface area (Å²) >= 11 is 0. The van der Waals surface area contributed by atoms with Gasteiger partial charge in [0.2, 0.25) is 0 Å². The molecule has 0 saturated carbocycles. The number of allylic oxidation sites excluding steroid dienone is 7. The fraction of sp³-hybridized carbons (Fsp3) is 0.436. The maximum Gasteiger partial charge on any atom is 0.303 e. The van der Waals surface area contributed by atoms with E-state index in [-0.39, 0.29) is 37.2 Å². The van der Waals surface area contributed by atoms with Crippen LogP contribution in [0.2, 0.25) is 0 Å². The molecule has 0 unspecified atom stereocenters. The average molecular weight is 615 g/mol. The summed E-state index contributed by atoms with van der Waals surface area (Å²) in [5.74, 6) is -2.65. The monoisotopic (exact) mass is 614 g/mol. The van der Waals surface area contributed by atoms with E-state index in [2.05, 4.69) is 52.5 Å². The topological polar surface area (TPSA) is 109 Å². The minimum atomic E-state index is -1.05. The summed E-state index contributed by atoms with van der Waals surface area (Å²) in [6.45, 7) is 14.3. The SMILES string of the molecule is C=C(C)CCC/C(C)=C/CC/C(C)=C/CC/C(C)=C/Cc1c(C)c(C(=O)CCC(=O)O)c2ccccc2c1C(=O)CCC(=O)O. The minimum Gasteiger partial charge on any atom is -0.481 e. The molecule has 0 bridgehead atoms. The molecule has 242 valence electrons. The summed E-state index contributed by atoms with van der Waals surface area (Å²) in [4.78, 5) is 49.2. The predicted octanol–water partition coefficient (Wildman–Crippen LogP) is 9.93. The van der Waals surface area contributed by atoms with Crippen molar-refractivity contribution in [3.8, 4) is 0 Å². The first kappa shape index (κ1) is 37.1. The lowest BCUT2D eigenvalue weighted by Gasteiger charge is -2.19. The van der Waals surface area contributed by atoms with E-state index >= 15 is 0 Å². The molecule has 0 atom stereocenters. The van der Waals surface area contributed by atoms with Crippen molar-refractivity contribution in [2.24, 2.45) is 0 Å². The molecule has 6 heteroatoms. The summed E-state index contributed by atoms with van der Waals surface area (Å²) in [7, 11) is 0. The van der Waals surface area contributed by atoms with Crippen molar-refractivity contribution in [1.29, 1.82) is 0 Å². The number of aliphatic carboxylic acids is 2. The molecule has 2 rings (SSSR count). The van der Waals surface area contributed by atoms with E-state index in [0.29, 0.717) is 39.4 Å². The largest absolute Gasteiger partial charge is 0.481 e. The van der Waals surface area contributed by atoms with Gasteiger partial charge in [-0.1, -0.05) is 64.8 Å². The minimum absolute atomic E-state index is 0.142. The molecule has 0 amide bonds. The highest BCUT2D eigenvalue weighted by Crippen LogP contribution is 2.33. The Labute approximate surface area is 268 Å². The number of rotatable bonds is 20. The van der Waals surface area contributed by atoms with Gasteiger partial charge in [-0.3, -0.25) is 19.2 Å². The Morgan fingerprint density at radius 3 is 1.62 bits per heavy atom. The first-order valence-corrected chi connectivity index (χ1v) is 16.0. The van der Waals surface area contributed by atoms with E-state index in [0.717, 1.165) is 50.5 Å². The first-order valence-electron chi connectivity index (χ1n) is 16.0. The zero-order chi connectivity index (χ0) is 33.5. The highest BCUT2D eigenvalue weighted by atomic mass is 16.4. The van der Waals surface area contributed by atoms with Crippen molar-refractivity contribution < 1.29 is 29.4 Å². The number of hydrogen-bond donors (Lipinski definition) is 2. The molecule has 0 fully saturated rings. The number of fused-ring (bicyclic) bond motifs is 1. The smallest absolute Gasteiger partial charge is 0.303 e. The van der Waals surface area contributed by atoms with Crippen molar-refractivity contribution in [1.82, 2.24) is 0 Å². The molecule has 6 nitrogen and oxygen atoms in total. The number of carboxylic acids is 2. The van der Waals surface area contributed by atoms with Gasteiger partial charge in [0.1, 0.15) is 0 Å². The van der Waals surface area contributed by atoms with Crippen molar-refractivity contribution in [3.05, 3.63) is 93.6 Å². The zero-order valence-electron chi connectivity index (χ0n) is 27.8. The van der Waals surface area contributed by atoms with E-state index in [4.69, 9.17) is 5.11 Å². The molecule has 45 heavy (non-hydrogen) atoms. The summed E-state index contributed by atoms with van der Waals surface area (Å²) in [6, 6.07) is 7.12. The summed E-state index contributed by atoms with van der Waals surface area (Å²) in [6.07, 6.45) is 13.4. The van der Waals surface area contributed by atoms with Gasteiger partial charge in [0.15, 0.2) is 11.6 Å². The second-order valence-corrected chi connectivity index (χ2v) is 12.3. The Morgan fingerprint density at radius 2 is 1.11 bits per heavy atom. The van der Waals surface area contributed by atoms with Gasteiger partial charge in [0.25, 0.3) is 0 Å². The van der Waals surface area contributed by atoms with Crippen molar-refractivity contribution in [2.75, 3.05) is 0 Å². The Balaban J connectivity index is 2.27. The second-order valence-electron chi connectivity index (χ2n) is 12.3. The molecule has 0 aliphatic rings. The van der Waals surface area contributed by atoms with Crippen LogP contribution in [0, 0.1) is 6.92 Å². The lowest BCUT2D eigenvalue weighted by atomic mass is 9.83. The fourth-order valence-electron chi connectivity index (χ4n) is 5.59. The Bertz CT molecular complexity index is 1500. The molecule has 0 aliphatic carbocycles. The van der Waals surface area contributed by atoms with Crippen LogP contribution < -0.4 is 0 Å². The van der Waals surface area contributed by atoms with Crippen molar-refractivity contribution >= 4 is 34.3 Å². The third-order valence-electron chi connectivity index (χ3n) is 8.18. The predicted molar refractivity (Wildman–Crippen MR) is 183 cm³/mol. The molecule has 0 aromatic heterocycles. The zero-order valence-corrected chi connectivity index (χ0v) is 27.8. The number of benzene rings is 2. The molecule has 2 aromatic rings. The lowest BCUT2D eigenvalue weighted by molar-refractivity contribution is -0.137. The van der Waals surface area contributed by atoms with Gasteiger partial charge in [-0.25, -0.2) is 0 Å². The molecule has 0 saturated heterocycles. The van der Waals surface area contributed by atoms with Gasteiger partial charge in [0.05, 0.1) is 12.8 Å². The number of hydrogen-bond acceptors (Lipinski definition) is 4. The van der Waals surface area contributed by atoms with Crippen LogP contribution in [-0.2, 0) is 16.0 Å². The Kier molecular flexibility index (Phi) is 15.4. The normalized spacial score (nSPS) is 12.4. The van der Waals surface area contributed by atoms with Crippen LogP contribution in [0.15, 0.2) is 71.4 Å². The molecular weight excluding hydrogens is 564 g/mol. The van der Waals surface area contributed by atoms with Gasteiger partial charge in [-0.05, 0) is 108 Å². The maximum absolute atomic E-state index is 13.5. The van der Waals surface area contributed by atoms with Gasteiger partial charge >= 0.3 is 11.9 Å². The second kappa shape index (κ2) is 18.7. The number of carboxylic acid groups (broad SMARTS) is 2. The van der Waals surface area contributed by atoms with E-state index in [1.807, 2.05) is 0 Å². The molecule has 0 aliphatic heterocycles. The van der Waals surface area contributed by atoms with Gasteiger partial charge in [-0.2, -0.15) is 0 Å². The van der Waals surface area contributed by atoms with Crippen LogP contribution in [-0.4, -0.2) is 33.7 Å². The number of carbonyl (C=O) groups is 4. The summed E-state index contributed by atoms with van der Waals surface area (Å²) in [5, 5.41) is 19.6. The quantitative estimate of drug-likeness (QED) is 0.113. The third-order valence-corrected chi connectivity index (χ3v) is 8.18. The van der Waals surface area contributed by atoms with Gasteiger partial charge in [0, 0.05) is 24.0 Å². The summed E-state index contributed by atoms with van der Waals surface area (Å²) in [5.41, 5.74) is 7.39. The number of ketones is 2. The van der Waals surface area contributed by atoms with E-state index < -0.39 is 11.9 Å². The fourth-order valence-corrected chi connectivity index (χ4v) is 5.59. The van der Waals surface area contributed by atoms with Crippen LogP contribution >= 0.6 is 0 Å². The Hall–Kier alpha value is -4.06. The van der Waals surface area contributed by atoms with Crippen LogP contribution in [0.4, 0.5) is 0 Å². The third kappa shape index (κ3) is 12.5. The van der Waals surface area contributed by atoms with E-state index in [9.17, 15) is 24.3 Å². The van der Waals surface area contributed by atoms with Crippen molar-refractivity contribution in [3.63, 3.8) is 0 Å². The average Bonchev–Trinajstić information content (AvgIpc) is 2.97.